The molecule has 2 aromatic carbocycles. The highest BCUT2D eigenvalue weighted by Gasteiger charge is 2.16. The number of rotatable bonds is 21. The first kappa shape index (κ1) is 31.0. The minimum Gasteiger partial charge on any atom is -0.486 e. The van der Waals surface area contributed by atoms with Crippen LogP contribution in [0.4, 0.5) is 0 Å². The number of unbranched alkanes of at least 4 members (excludes halogenated alkanes) is 12. The van der Waals surface area contributed by atoms with Crippen molar-refractivity contribution in [2.45, 2.75) is 116 Å². The highest BCUT2D eigenvalue weighted by molar-refractivity contribution is 5.76. The van der Waals surface area contributed by atoms with E-state index in [0.29, 0.717) is 26.2 Å². The third kappa shape index (κ3) is 13.4. The van der Waals surface area contributed by atoms with Gasteiger partial charge >= 0.3 is 0 Å². The van der Waals surface area contributed by atoms with Gasteiger partial charge in [-0.25, -0.2) is 0 Å². The number of amides is 1. The average Bonchev–Trinajstić information content (AvgIpc) is 2.96. The van der Waals surface area contributed by atoms with E-state index in [1.54, 1.807) is 0 Å². The summed E-state index contributed by atoms with van der Waals surface area (Å²) < 4.78 is 11.4. The second-order valence-corrected chi connectivity index (χ2v) is 11.1. The fourth-order valence-corrected chi connectivity index (χ4v) is 5.26. The van der Waals surface area contributed by atoms with Gasteiger partial charge in [0, 0.05) is 25.6 Å². The fraction of sp³-hybridized carbons (Fsp3) is 0.618. The van der Waals surface area contributed by atoms with Crippen LogP contribution in [-0.2, 0) is 17.8 Å². The van der Waals surface area contributed by atoms with Crippen molar-refractivity contribution < 1.29 is 14.3 Å². The molecule has 1 aliphatic rings. The summed E-state index contributed by atoms with van der Waals surface area (Å²) in [6.45, 7) is 4.95. The number of fused-ring (bicyclic) bond motifs is 1. The van der Waals surface area contributed by atoms with Crippen LogP contribution in [0.25, 0.3) is 0 Å². The van der Waals surface area contributed by atoms with E-state index in [0.717, 1.165) is 42.9 Å². The molecule has 0 aliphatic carbocycles. The summed E-state index contributed by atoms with van der Waals surface area (Å²) in [6.07, 6.45) is 18.5. The molecule has 0 aromatic heterocycles. The first-order valence-electron chi connectivity index (χ1n) is 15.7. The van der Waals surface area contributed by atoms with Gasteiger partial charge in [-0.2, -0.15) is 0 Å². The Bertz CT molecular complexity index is 918. The van der Waals surface area contributed by atoms with Gasteiger partial charge in [0.1, 0.15) is 13.2 Å². The minimum atomic E-state index is 0.0192. The molecule has 1 unspecified atom stereocenters. The first-order valence-corrected chi connectivity index (χ1v) is 15.7. The molecule has 1 atom stereocenters. The molecule has 0 saturated heterocycles. The van der Waals surface area contributed by atoms with Crippen LogP contribution in [-0.4, -0.2) is 31.7 Å². The van der Waals surface area contributed by atoms with Gasteiger partial charge in [0.25, 0.3) is 0 Å². The molecule has 2 aromatic rings. The van der Waals surface area contributed by atoms with Gasteiger partial charge in [-0.05, 0) is 36.1 Å². The van der Waals surface area contributed by atoms with Gasteiger partial charge in [0.2, 0.25) is 5.91 Å². The van der Waals surface area contributed by atoms with Crippen LogP contribution in [0.2, 0.25) is 0 Å². The Morgan fingerprint density at radius 2 is 1.36 bits per heavy atom. The Kier molecular flexibility index (Phi) is 15.5. The minimum absolute atomic E-state index is 0.0192. The summed E-state index contributed by atoms with van der Waals surface area (Å²) in [5, 5.41) is 6.84. The van der Waals surface area contributed by atoms with Crippen molar-refractivity contribution >= 4 is 5.91 Å². The third-order valence-electron chi connectivity index (χ3n) is 7.52. The molecule has 0 radical (unpaired) electrons. The van der Waals surface area contributed by atoms with Crippen molar-refractivity contribution in [2.75, 3.05) is 19.8 Å². The molecular formula is C34H52N2O3. The smallest absolute Gasteiger partial charge is 0.220 e. The maximum absolute atomic E-state index is 12.8. The second-order valence-electron chi connectivity index (χ2n) is 11.1. The van der Waals surface area contributed by atoms with Gasteiger partial charge in [-0.3, -0.25) is 4.79 Å². The Labute approximate surface area is 237 Å². The number of carbonyl (C=O) groups is 1. The van der Waals surface area contributed by atoms with Crippen LogP contribution in [0.3, 0.4) is 0 Å². The van der Waals surface area contributed by atoms with Crippen LogP contribution >= 0.6 is 0 Å². The molecular weight excluding hydrogens is 484 g/mol. The highest BCUT2D eigenvalue weighted by Crippen LogP contribution is 2.31. The van der Waals surface area contributed by atoms with E-state index in [9.17, 15) is 4.79 Å². The Balaban J connectivity index is 1.33. The SMILES string of the molecule is CCCCCCCCCCCCCCCC(=O)NC(CNCc1ccccc1)Cc1ccc2c(c1)OCCO2. The predicted molar refractivity (Wildman–Crippen MR) is 162 cm³/mol. The molecule has 5 nitrogen and oxygen atoms in total. The Morgan fingerprint density at radius 1 is 0.744 bits per heavy atom. The first-order chi connectivity index (χ1) is 19.2. The van der Waals surface area contributed by atoms with Crippen LogP contribution < -0.4 is 20.1 Å². The normalized spacial score (nSPS) is 13.3. The van der Waals surface area contributed by atoms with E-state index in [1.165, 1.54) is 76.2 Å². The number of carbonyl (C=O) groups excluding carboxylic acids is 1. The van der Waals surface area contributed by atoms with Crippen molar-refractivity contribution in [3.63, 3.8) is 0 Å². The zero-order valence-corrected chi connectivity index (χ0v) is 24.4. The molecule has 2 N–H and O–H groups in total. The molecule has 3 rings (SSSR count). The fourth-order valence-electron chi connectivity index (χ4n) is 5.26. The van der Waals surface area contributed by atoms with E-state index in [1.807, 2.05) is 12.1 Å². The van der Waals surface area contributed by atoms with Gasteiger partial charge < -0.3 is 20.1 Å². The number of benzene rings is 2. The quantitative estimate of drug-likeness (QED) is 0.160. The van der Waals surface area contributed by atoms with Crippen LogP contribution in [0.1, 0.15) is 108 Å². The maximum atomic E-state index is 12.8. The summed E-state index contributed by atoms with van der Waals surface area (Å²) in [5.74, 6) is 1.75. The lowest BCUT2D eigenvalue weighted by Crippen LogP contribution is -2.43. The number of ether oxygens (including phenoxy) is 2. The lowest BCUT2D eigenvalue weighted by atomic mass is 10.0. The lowest BCUT2D eigenvalue weighted by molar-refractivity contribution is -0.121. The molecule has 39 heavy (non-hydrogen) atoms. The Morgan fingerprint density at radius 3 is 2.03 bits per heavy atom. The zero-order chi connectivity index (χ0) is 27.4. The molecule has 1 amide bonds. The van der Waals surface area contributed by atoms with Crippen molar-refractivity contribution in [1.82, 2.24) is 10.6 Å². The topological polar surface area (TPSA) is 59.6 Å². The largest absolute Gasteiger partial charge is 0.486 e. The number of nitrogens with one attached hydrogen (secondary N) is 2. The van der Waals surface area contributed by atoms with Crippen molar-refractivity contribution in [3.8, 4) is 11.5 Å². The maximum Gasteiger partial charge on any atom is 0.220 e. The van der Waals surface area contributed by atoms with Crippen molar-refractivity contribution in [1.29, 1.82) is 0 Å². The molecule has 0 saturated carbocycles. The zero-order valence-electron chi connectivity index (χ0n) is 24.4. The summed E-state index contributed by atoms with van der Waals surface area (Å²) in [5.41, 5.74) is 2.39. The van der Waals surface area contributed by atoms with Gasteiger partial charge in [-0.15, -0.1) is 0 Å². The van der Waals surface area contributed by atoms with Gasteiger partial charge in [-0.1, -0.05) is 120 Å². The summed E-state index contributed by atoms with van der Waals surface area (Å²) in [4.78, 5) is 12.8. The van der Waals surface area contributed by atoms with Crippen molar-refractivity contribution in [3.05, 3.63) is 59.7 Å². The second kappa shape index (κ2) is 19.5. The monoisotopic (exact) mass is 536 g/mol. The number of hydrogen-bond donors (Lipinski definition) is 2. The van der Waals surface area contributed by atoms with Gasteiger partial charge in [0.15, 0.2) is 11.5 Å². The third-order valence-corrected chi connectivity index (χ3v) is 7.52. The van der Waals surface area contributed by atoms with Crippen molar-refractivity contribution in [2.24, 2.45) is 0 Å². The van der Waals surface area contributed by atoms with E-state index in [4.69, 9.17) is 9.47 Å². The summed E-state index contributed by atoms with van der Waals surface area (Å²) in [6, 6.07) is 16.5. The average molecular weight is 537 g/mol. The molecule has 1 heterocycles. The molecule has 5 heteroatoms. The lowest BCUT2D eigenvalue weighted by Gasteiger charge is -2.22. The molecule has 0 fully saturated rings. The molecule has 216 valence electrons. The van der Waals surface area contributed by atoms with E-state index < -0.39 is 0 Å². The summed E-state index contributed by atoms with van der Waals surface area (Å²) in [7, 11) is 0. The summed E-state index contributed by atoms with van der Waals surface area (Å²) >= 11 is 0. The molecule has 1 aliphatic heterocycles. The molecule has 0 bridgehead atoms. The number of hydrogen-bond acceptors (Lipinski definition) is 4. The van der Waals surface area contributed by atoms with E-state index in [2.05, 4.69) is 54.0 Å². The van der Waals surface area contributed by atoms with E-state index in [-0.39, 0.29) is 11.9 Å². The van der Waals surface area contributed by atoms with E-state index >= 15 is 0 Å². The molecule has 0 spiro atoms. The highest BCUT2D eigenvalue weighted by atomic mass is 16.6. The van der Waals surface area contributed by atoms with Gasteiger partial charge in [0.05, 0.1) is 0 Å². The van der Waals surface area contributed by atoms with Crippen LogP contribution in [0.15, 0.2) is 48.5 Å². The van der Waals surface area contributed by atoms with Crippen LogP contribution in [0.5, 0.6) is 11.5 Å². The predicted octanol–water partition coefficient (Wildman–Crippen LogP) is 7.76. The Hall–Kier alpha value is -2.53. The standard InChI is InChI=1S/C34H52N2O3/c1-2-3-4-5-6-7-8-9-10-11-12-13-17-20-34(37)36-31(28-35-27-29-18-15-14-16-19-29)25-30-21-22-32-33(26-30)39-24-23-38-32/h14-16,18-19,21-22,26,31,35H,2-13,17,20,23-25,27-28H2,1H3,(H,36,37). The van der Waals surface area contributed by atoms with Crippen LogP contribution in [0, 0.1) is 0 Å².